The summed E-state index contributed by atoms with van der Waals surface area (Å²) in [5, 5.41) is 3.01. The van der Waals surface area contributed by atoms with E-state index in [-0.39, 0.29) is 17.7 Å². The highest BCUT2D eigenvalue weighted by Crippen LogP contribution is 2.35. The molecular formula is C21H26N2O3S. The van der Waals surface area contributed by atoms with Crippen molar-refractivity contribution in [3.05, 3.63) is 58.1 Å². The Morgan fingerprint density at radius 2 is 1.78 bits per heavy atom. The fraction of sp³-hybridized carbons (Fsp3) is 0.381. The number of hydrogen-bond acceptors (Lipinski definition) is 3. The van der Waals surface area contributed by atoms with Crippen LogP contribution in [0.3, 0.4) is 0 Å². The maximum atomic E-state index is 12.8. The number of nitrogens with zero attached hydrogens (tertiary/aromatic N) is 1. The van der Waals surface area contributed by atoms with Crippen molar-refractivity contribution in [2.75, 3.05) is 15.4 Å². The molecule has 1 N–H and O–H groups in total. The van der Waals surface area contributed by atoms with Gasteiger partial charge in [-0.05, 0) is 75.9 Å². The molecule has 0 bridgehead atoms. The van der Waals surface area contributed by atoms with Crippen LogP contribution in [0.1, 0.15) is 46.5 Å². The number of sulfonamides is 1. The van der Waals surface area contributed by atoms with Gasteiger partial charge in [0.2, 0.25) is 10.0 Å². The quantitative estimate of drug-likeness (QED) is 0.865. The first kappa shape index (κ1) is 19.4. The molecule has 144 valence electrons. The van der Waals surface area contributed by atoms with E-state index in [9.17, 15) is 13.2 Å². The van der Waals surface area contributed by atoms with Gasteiger partial charge >= 0.3 is 0 Å². The monoisotopic (exact) mass is 386 g/mol. The lowest BCUT2D eigenvalue weighted by Crippen LogP contribution is -2.36. The number of carbonyl (C=O) groups is 1. The van der Waals surface area contributed by atoms with Crippen LogP contribution in [0.25, 0.3) is 0 Å². The lowest BCUT2D eigenvalue weighted by molar-refractivity contribution is 0.102. The minimum atomic E-state index is -3.32. The maximum absolute atomic E-state index is 12.8. The number of fused-ring (bicyclic) bond motifs is 1. The first-order valence-electron chi connectivity index (χ1n) is 9.18. The van der Waals surface area contributed by atoms with Gasteiger partial charge in [0.1, 0.15) is 0 Å². The van der Waals surface area contributed by atoms with Gasteiger partial charge in [-0.25, -0.2) is 8.42 Å². The van der Waals surface area contributed by atoms with Crippen molar-refractivity contribution >= 4 is 27.3 Å². The average Bonchev–Trinajstić information content (AvgIpc) is 2.93. The summed E-state index contributed by atoms with van der Waals surface area (Å²) in [4.78, 5) is 12.8. The van der Waals surface area contributed by atoms with E-state index >= 15 is 0 Å². The van der Waals surface area contributed by atoms with E-state index in [0.29, 0.717) is 17.7 Å². The molecule has 0 aliphatic carbocycles. The summed E-state index contributed by atoms with van der Waals surface area (Å²) in [6.45, 7) is 9.53. The van der Waals surface area contributed by atoms with Crippen molar-refractivity contribution in [3.8, 4) is 0 Å². The number of hydrogen-bond donors (Lipinski definition) is 1. The van der Waals surface area contributed by atoms with Gasteiger partial charge in [0.05, 0.1) is 11.4 Å². The SMILES string of the molecule is CCS(=O)(=O)N1c2ccc(C(=O)Nc3c(C)cc(C)cc3C)cc2C[C@H]1C. The van der Waals surface area contributed by atoms with Crippen LogP contribution in [0.15, 0.2) is 30.3 Å². The molecule has 1 heterocycles. The first-order valence-corrected chi connectivity index (χ1v) is 10.8. The Labute approximate surface area is 161 Å². The second-order valence-corrected chi connectivity index (χ2v) is 9.46. The highest BCUT2D eigenvalue weighted by atomic mass is 32.2. The molecule has 2 aromatic carbocycles. The van der Waals surface area contributed by atoms with Crippen LogP contribution in [-0.4, -0.2) is 26.1 Å². The average molecular weight is 387 g/mol. The summed E-state index contributed by atoms with van der Waals surface area (Å²) in [6, 6.07) is 9.20. The van der Waals surface area contributed by atoms with Crippen molar-refractivity contribution in [3.63, 3.8) is 0 Å². The molecule has 1 aliphatic heterocycles. The van der Waals surface area contributed by atoms with Gasteiger partial charge in [-0.15, -0.1) is 0 Å². The van der Waals surface area contributed by atoms with Crippen LogP contribution < -0.4 is 9.62 Å². The number of rotatable bonds is 4. The van der Waals surface area contributed by atoms with Gasteiger partial charge in [-0.2, -0.15) is 0 Å². The van der Waals surface area contributed by atoms with E-state index < -0.39 is 10.0 Å². The summed E-state index contributed by atoms with van der Waals surface area (Å²) in [6.07, 6.45) is 0.609. The molecule has 0 saturated heterocycles. The van der Waals surface area contributed by atoms with Gasteiger partial charge in [-0.3, -0.25) is 9.10 Å². The molecule has 3 rings (SSSR count). The number of anilines is 2. The number of amides is 1. The zero-order valence-electron chi connectivity index (χ0n) is 16.5. The van der Waals surface area contributed by atoms with E-state index in [2.05, 4.69) is 5.32 Å². The Hall–Kier alpha value is -2.34. The predicted molar refractivity (Wildman–Crippen MR) is 110 cm³/mol. The summed E-state index contributed by atoms with van der Waals surface area (Å²) < 4.78 is 26.3. The molecule has 0 saturated carbocycles. The summed E-state index contributed by atoms with van der Waals surface area (Å²) in [5.41, 5.74) is 6.15. The molecule has 27 heavy (non-hydrogen) atoms. The molecule has 0 fully saturated rings. The van der Waals surface area contributed by atoms with E-state index in [1.807, 2.05) is 45.9 Å². The fourth-order valence-corrected chi connectivity index (χ4v) is 5.25. The van der Waals surface area contributed by atoms with E-state index in [1.54, 1.807) is 19.1 Å². The highest BCUT2D eigenvalue weighted by Gasteiger charge is 2.34. The Bertz CT molecular complexity index is 989. The number of aryl methyl sites for hydroxylation is 3. The van der Waals surface area contributed by atoms with Crippen molar-refractivity contribution in [1.29, 1.82) is 0 Å². The van der Waals surface area contributed by atoms with E-state index in [4.69, 9.17) is 0 Å². The molecular weight excluding hydrogens is 360 g/mol. The van der Waals surface area contributed by atoms with Crippen molar-refractivity contribution in [2.24, 2.45) is 0 Å². The van der Waals surface area contributed by atoms with E-state index in [0.717, 1.165) is 27.9 Å². The van der Waals surface area contributed by atoms with Crippen LogP contribution in [0.4, 0.5) is 11.4 Å². The van der Waals surface area contributed by atoms with Crippen molar-refractivity contribution in [1.82, 2.24) is 0 Å². The molecule has 0 spiro atoms. The number of nitrogens with one attached hydrogen (secondary N) is 1. The van der Waals surface area contributed by atoms with Crippen LogP contribution in [0.2, 0.25) is 0 Å². The summed E-state index contributed by atoms with van der Waals surface area (Å²) in [5.74, 6) is -0.123. The lowest BCUT2D eigenvalue weighted by atomic mass is 10.0. The Balaban J connectivity index is 1.91. The van der Waals surface area contributed by atoms with Crippen molar-refractivity contribution in [2.45, 2.75) is 47.1 Å². The van der Waals surface area contributed by atoms with Crippen LogP contribution in [0.5, 0.6) is 0 Å². The zero-order chi connectivity index (χ0) is 19.9. The van der Waals surface area contributed by atoms with Gasteiger partial charge < -0.3 is 5.32 Å². The lowest BCUT2D eigenvalue weighted by Gasteiger charge is -2.23. The molecule has 5 nitrogen and oxygen atoms in total. The van der Waals surface area contributed by atoms with Crippen LogP contribution >= 0.6 is 0 Å². The number of benzene rings is 2. The van der Waals surface area contributed by atoms with Gasteiger partial charge in [-0.1, -0.05) is 17.7 Å². The zero-order valence-corrected chi connectivity index (χ0v) is 17.3. The minimum Gasteiger partial charge on any atom is -0.322 e. The largest absolute Gasteiger partial charge is 0.322 e. The van der Waals surface area contributed by atoms with E-state index in [1.165, 1.54) is 4.31 Å². The fourth-order valence-electron chi connectivity index (χ4n) is 3.87. The molecule has 1 atom stereocenters. The molecule has 1 aliphatic rings. The molecule has 0 unspecified atom stereocenters. The van der Waals surface area contributed by atoms with Gasteiger partial charge in [0.25, 0.3) is 5.91 Å². The maximum Gasteiger partial charge on any atom is 0.255 e. The minimum absolute atomic E-state index is 0.0605. The molecule has 0 radical (unpaired) electrons. The summed E-state index contributed by atoms with van der Waals surface area (Å²) >= 11 is 0. The van der Waals surface area contributed by atoms with Gasteiger partial charge in [0, 0.05) is 17.3 Å². The number of carbonyl (C=O) groups excluding carboxylic acids is 1. The Kier molecular flexibility index (Phi) is 5.04. The van der Waals surface area contributed by atoms with Crippen LogP contribution in [0, 0.1) is 20.8 Å². The third-order valence-corrected chi connectivity index (χ3v) is 6.96. The molecule has 6 heteroatoms. The van der Waals surface area contributed by atoms with Gasteiger partial charge in [0.15, 0.2) is 0 Å². The third kappa shape index (κ3) is 3.58. The Morgan fingerprint density at radius 1 is 1.15 bits per heavy atom. The van der Waals surface area contributed by atoms with Crippen LogP contribution in [-0.2, 0) is 16.4 Å². The third-order valence-electron chi connectivity index (χ3n) is 5.07. The highest BCUT2D eigenvalue weighted by molar-refractivity contribution is 7.92. The Morgan fingerprint density at radius 3 is 2.37 bits per heavy atom. The topological polar surface area (TPSA) is 66.5 Å². The normalized spacial score (nSPS) is 16.3. The first-order chi connectivity index (χ1) is 12.6. The molecule has 1 amide bonds. The predicted octanol–water partition coefficient (Wildman–Crippen LogP) is 3.96. The molecule has 2 aromatic rings. The summed E-state index contributed by atoms with van der Waals surface area (Å²) in [7, 11) is -3.32. The second-order valence-electron chi connectivity index (χ2n) is 7.32. The standard InChI is InChI=1S/C21H26N2O3S/c1-6-27(25,26)23-16(5)11-18-12-17(7-8-19(18)23)21(24)22-20-14(3)9-13(2)10-15(20)4/h7-10,12,16H,6,11H2,1-5H3,(H,22,24)/t16-/m1/s1. The molecule has 0 aromatic heterocycles. The van der Waals surface area contributed by atoms with Crippen molar-refractivity contribution < 1.29 is 13.2 Å². The smallest absolute Gasteiger partial charge is 0.255 e. The second kappa shape index (κ2) is 7.00.